The average Bonchev–Trinajstić information content (AvgIpc) is 3.23. The van der Waals surface area contributed by atoms with E-state index in [9.17, 15) is 4.79 Å². The molecule has 1 aliphatic carbocycles. The van der Waals surface area contributed by atoms with Crippen LogP contribution in [0.2, 0.25) is 0 Å². The van der Waals surface area contributed by atoms with E-state index < -0.39 is 5.97 Å². The molecular weight excluding hydrogens is 320 g/mol. The molecule has 6 heteroatoms. The van der Waals surface area contributed by atoms with Crippen molar-refractivity contribution in [3.05, 3.63) is 29.7 Å². The van der Waals surface area contributed by atoms with Crippen molar-refractivity contribution in [3.63, 3.8) is 0 Å². The maximum atomic E-state index is 12.1. The van der Waals surface area contributed by atoms with Crippen molar-refractivity contribution >= 4 is 11.6 Å². The molecule has 0 N–H and O–H groups in total. The Hall–Kier alpha value is -2.08. The number of hydrogen-bond donors (Lipinski definition) is 0. The number of hydrogen-bond acceptors (Lipinski definition) is 5. The van der Waals surface area contributed by atoms with Crippen LogP contribution < -0.4 is 4.74 Å². The lowest BCUT2D eigenvalue weighted by Gasteiger charge is -2.24. The lowest BCUT2D eigenvalue weighted by atomic mass is 9.84. The molecule has 0 radical (unpaired) electrons. The van der Waals surface area contributed by atoms with E-state index in [1.165, 1.54) is 7.11 Å². The molecule has 0 spiro atoms. The Bertz CT molecular complexity index is 831. The van der Waals surface area contributed by atoms with Crippen LogP contribution in [0.3, 0.4) is 0 Å². The highest BCUT2D eigenvalue weighted by Gasteiger charge is 2.55. The van der Waals surface area contributed by atoms with Gasteiger partial charge in [0, 0.05) is 23.9 Å². The van der Waals surface area contributed by atoms with Crippen LogP contribution in [0, 0.1) is 0 Å². The third-order valence-corrected chi connectivity index (χ3v) is 5.41. The zero-order valence-corrected chi connectivity index (χ0v) is 15.2. The van der Waals surface area contributed by atoms with E-state index in [2.05, 4.69) is 6.92 Å². The van der Waals surface area contributed by atoms with E-state index in [-0.39, 0.29) is 17.1 Å². The van der Waals surface area contributed by atoms with Crippen LogP contribution in [0.5, 0.6) is 5.75 Å². The number of pyridine rings is 1. The minimum atomic E-state index is -0.413. The number of nitrogens with zero attached hydrogens (tertiary/aromatic N) is 2. The van der Waals surface area contributed by atoms with E-state index in [0.717, 1.165) is 30.6 Å². The summed E-state index contributed by atoms with van der Waals surface area (Å²) in [6.07, 6.45) is 6.88. The molecule has 2 aromatic heterocycles. The SMILES string of the molecule is COC(=O)c1cn2cc(C34CCC(C)(C3)OC4)nc2cc1OC(C)C. The summed E-state index contributed by atoms with van der Waals surface area (Å²) in [5.41, 5.74) is 2.19. The highest BCUT2D eigenvalue weighted by molar-refractivity contribution is 5.92. The number of aromatic nitrogens is 2. The molecule has 2 aliphatic rings. The van der Waals surface area contributed by atoms with E-state index in [1.54, 1.807) is 6.20 Å². The second-order valence-corrected chi connectivity index (χ2v) is 7.80. The molecule has 2 aromatic rings. The Labute approximate surface area is 147 Å². The zero-order chi connectivity index (χ0) is 17.8. The first-order chi connectivity index (χ1) is 11.8. The van der Waals surface area contributed by atoms with E-state index in [0.29, 0.717) is 17.9 Å². The molecule has 2 bridgehead atoms. The number of methoxy groups -OCH3 is 1. The molecule has 2 atom stereocenters. The second kappa shape index (κ2) is 5.46. The Morgan fingerprint density at radius 2 is 2.16 bits per heavy atom. The number of rotatable bonds is 4. The highest BCUT2D eigenvalue weighted by Crippen LogP contribution is 2.53. The molecular formula is C19H24N2O4. The molecule has 25 heavy (non-hydrogen) atoms. The number of esters is 1. The van der Waals surface area contributed by atoms with Crippen LogP contribution >= 0.6 is 0 Å². The first kappa shape index (κ1) is 16.4. The Balaban J connectivity index is 1.79. The van der Waals surface area contributed by atoms with Gasteiger partial charge in [-0.05, 0) is 40.0 Å². The van der Waals surface area contributed by atoms with Gasteiger partial charge in [-0.25, -0.2) is 9.78 Å². The largest absolute Gasteiger partial charge is 0.490 e. The molecule has 1 saturated carbocycles. The van der Waals surface area contributed by atoms with Crippen molar-refractivity contribution in [2.75, 3.05) is 13.7 Å². The lowest BCUT2D eigenvalue weighted by molar-refractivity contribution is -0.00627. The van der Waals surface area contributed by atoms with Crippen LogP contribution in [-0.2, 0) is 14.9 Å². The van der Waals surface area contributed by atoms with Gasteiger partial charge in [-0.3, -0.25) is 0 Å². The van der Waals surface area contributed by atoms with E-state index in [1.807, 2.05) is 30.5 Å². The van der Waals surface area contributed by atoms with Gasteiger partial charge in [0.25, 0.3) is 0 Å². The summed E-state index contributed by atoms with van der Waals surface area (Å²) in [4.78, 5) is 17.0. The molecule has 0 aromatic carbocycles. The molecule has 1 aliphatic heterocycles. The van der Waals surface area contributed by atoms with Gasteiger partial charge < -0.3 is 18.6 Å². The van der Waals surface area contributed by atoms with E-state index >= 15 is 0 Å². The van der Waals surface area contributed by atoms with Gasteiger partial charge >= 0.3 is 5.97 Å². The van der Waals surface area contributed by atoms with Crippen molar-refractivity contribution in [1.29, 1.82) is 0 Å². The molecule has 134 valence electrons. The van der Waals surface area contributed by atoms with Crippen LogP contribution in [0.1, 0.15) is 56.1 Å². The summed E-state index contributed by atoms with van der Waals surface area (Å²) in [5.74, 6) is 0.0894. The summed E-state index contributed by atoms with van der Waals surface area (Å²) in [6.45, 7) is 6.75. The maximum Gasteiger partial charge on any atom is 0.343 e. The highest BCUT2D eigenvalue weighted by atomic mass is 16.5. The lowest BCUT2D eigenvalue weighted by Crippen LogP contribution is -2.26. The molecule has 6 nitrogen and oxygen atoms in total. The van der Waals surface area contributed by atoms with Crippen molar-refractivity contribution in [3.8, 4) is 5.75 Å². The number of fused-ring (bicyclic) bond motifs is 3. The standard InChI is InChI=1S/C19H24N2O4/c1-12(2)25-14-7-16-20-15(9-21(16)8-13(14)17(22)23-4)19-6-5-18(3,10-19)24-11-19/h7-9,12H,5-6,10-11H2,1-4H3. The molecule has 0 amide bonds. The molecule has 4 rings (SSSR count). The number of ether oxygens (including phenoxy) is 3. The van der Waals surface area contributed by atoms with Crippen molar-refractivity contribution in [2.24, 2.45) is 0 Å². The fraction of sp³-hybridized carbons (Fsp3) is 0.579. The van der Waals surface area contributed by atoms with Crippen molar-refractivity contribution < 1.29 is 19.0 Å². The summed E-state index contributed by atoms with van der Waals surface area (Å²) in [7, 11) is 1.37. The Morgan fingerprint density at radius 3 is 2.72 bits per heavy atom. The third-order valence-electron chi connectivity index (χ3n) is 5.41. The topological polar surface area (TPSA) is 62.1 Å². The summed E-state index contributed by atoms with van der Waals surface area (Å²) in [6, 6.07) is 1.82. The minimum Gasteiger partial charge on any atom is -0.490 e. The quantitative estimate of drug-likeness (QED) is 0.798. The molecule has 2 unspecified atom stereocenters. The van der Waals surface area contributed by atoms with Gasteiger partial charge in [0.1, 0.15) is 17.0 Å². The molecule has 1 saturated heterocycles. The monoisotopic (exact) mass is 344 g/mol. The molecule has 2 fully saturated rings. The summed E-state index contributed by atoms with van der Waals surface area (Å²) < 4.78 is 18.6. The van der Waals surface area contributed by atoms with Gasteiger partial charge in [0.15, 0.2) is 0 Å². The van der Waals surface area contributed by atoms with Crippen molar-refractivity contribution in [1.82, 2.24) is 9.38 Å². The first-order valence-corrected chi connectivity index (χ1v) is 8.76. The van der Waals surface area contributed by atoms with Gasteiger partial charge in [0.2, 0.25) is 0 Å². The molecule has 3 heterocycles. The first-order valence-electron chi connectivity index (χ1n) is 8.76. The van der Waals surface area contributed by atoms with E-state index in [4.69, 9.17) is 19.2 Å². The third kappa shape index (κ3) is 2.59. The summed E-state index contributed by atoms with van der Waals surface area (Å²) >= 11 is 0. The fourth-order valence-corrected chi connectivity index (χ4v) is 4.13. The smallest absolute Gasteiger partial charge is 0.343 e. The predicted octanol–water partition coefficient (Wildman–Crippen LogP) is 3.12. The van der Waals surface area contributed by atoms with Gasteiger partial charge in [-0.15, -0.1) is 0 Å². The average molecular weight is 344 g/mol. The summed E-state index contributed by atoms with van der Waals surface area (Å²) in [5, 5.41) is 0. The second-order valence-electron chi connectivity index (χ2n) is 7.80. The van der Waals surface area contributed by atoms with Crippen LogP contribution in [-0.4, -0.2) is 40.8 Å². The Morgan fingerprint density at radius 1 is 1.36 bits per heavy atom. The number of imidazole rings is 1. The number of carbonyl (C=O) groups is 1. The van der Waals surface area contributed by atoms with Crippen molar-refractivity contribution in [2.45, 2.75) is 57.2 Å². The maximum absolute atomic E-state index is 12.1. The van der Waals surface area contributed by atoms with Gasteiger partial charge in [-0.2, -0.15) is 0 Å². The number of carbonyl (C=O) groups excluding carboxylic acids is 1. The Kier molecular flexibility index (Phi) is 3.58. The van der Waals surface area contributed by atoms with Gasteiger partial charge in [-0.1, -0.05) is 0 Å². The predicted molar refractivity (Wildman–Crippen MR) is 92.2 cm³/mol. The fourth-order valence-electron chi connectivity index (χ4n) is 4.13. The normalized spacial score (nSPS) is 28.0. The van der Waals surface area contributed by atoms with Gasteiger partial charge in [0.05, 0.1) is 31.1 Å². The zero-order valence-electron chi connectivity index (χ0n) is 15.2. The minimum absolute atomic E-state index is 0.00866. The van der Waals surface area contributed by atoms with Crippen LogP contribution in [0.25, 0.3) is 5.65 Å². The van der Waals surface area contributed by atoms with Crippen LogP contribution in [0.4, 0.5) is 0 Å². The van der Waals surface area contributed by atoms with Crippen LogP contribution in [0.15, 0.2) is 18.5 Å².